The molecule has 61 heavy (non-hydrogen) atoms. The van der Waals surface area contributed by atoms with E-state index >= 15 is 0 Å². The molecule has 1 N–H and O–H groups in total. The molecule has 6 aromatic rings. The van der Waals surface area contributed by atoms with Gasteiger partial charge in [0.15, 0.2) is 17.0 Å². The molecule has 14 heteroatoms. The molecule has 4 aromatic carbocycles. The third-order valence-corrected chi connectivity index (χ3v) is 12.8. The van der Waals surface area contributed by atoms with Crippen LogP contribution in [0, 0.1) is 11.3 Å². The number of fused-ring (bicyclic) bond motifs is 1. The number of nitrogens with zero attached hydrogens (tertiary/aromatic N) is 6. The van der Waals surface area contributed by atoms with Crippen LogP contribution < -0.4 is 10.1 Å². The minimum atomic E-state index is -1.65. The molecule has 0 aliphatic carbocycles. The van der Waals surface area contributed by atoms with Gasteiger partial charge >= 0.3 is 0 Å². The van der Waals surface area contributed by atoms with Gasteiger partial charge in [-0.1, -0.05) is 91.0 Å². The molecule has 2 aromatic heterocycles. The number of nitriles is 1. The summed E-state index contributed by atoms with van der Waals surface area (Å²) in [7, 11) is 0.000892. The smallest absolute Gasteiger partial charge is 0.259 e. The third-order valence-electron chi connectivity index (χ3n) is 10.7. The van der Waals surface area contributed by atoms with Gasteiger partial charge in [0.2, 0.25) is 0 Å². The van der Waals surface area contributed by atoms with Gasteiger partial charge in [0.1, 0.15) is 23.8 Å². The molecular weight excluding hydrogens is 790 g/mol. The number of aromatic nitrogens is 4. The van der Waals surface area contributed by atoms with Gasteiger partial charge in [-0.25, -0.2) is 19.6 Å². The van der Waals surface area contributed by atoms with E-state index in [-0.39, 0.29) is 43.7 Å². The second kappa shape index (κ2) is 20.3. The van der Waals surface area contributed by atoms with E-state index < -0.39 is 26.3 Å². The number of carbonyl (C=O) groups is 1. The average Bonchev–Trinajstić information content (AvgIpc) is 3.73. The second-order valence-corrected chi connectivity index (χ2v) is 16.7. The van der Waals surface area contributed by atoms with Crippen LogP contribution in [0.2, 0.25) is 0 Å². The van der Waals surface area contributed by atoms with E-state index in [1.54, 1.807) is 25.6 Å². The molecule has 316 valence electrons. The van der Waals surface area contributed by atoms with Crippen LogP contribution in [-0.2, 0) is 24.1 Å². The fraction of sp³-hybridized carbons (Fsp3) is 0.340. The molecule has 0 radical (unpaired) electrons. The van der Waals surface area contributed by atoms with Crippen molar-refractivity contribution < 1.29 is 28.1 Å². The standard InChI is InChI=1S/C47H52N7O6P/c1-33(2)54(34(3)4)61(59-27-15-26-48)60-41-28-39(53-32-51-43-44(49-31-50-45(43)53)52-46(55)35-16-9-6-10-17-35)29-57-42(41)30-58-47(36-18-11-7-12-19-36,37-20-13-8-14-21-37)38-22-24-40(56-5)25-23-38/h6-14,16-25,31-34,39,41-42H,15,27-30H2,1-5H3,(H,49,50,52,55)/t39-,41+,42-,61?/m1/s1. The fourth-order valence-corrected chi connectivity index (χ4v) is 9.57. The summed E-state index contributed by atoms with van der Waals surface area (Å²) in [6.45, 7) is 9.12. The number of hydrogen-bond donors (Lipinski definition) is 1. The Morgan fingerprint density at radius 3 is 2.13 bits per heavy atom. The fourth-order valence-electron chi connectivity index (χ4n) is 7.81. The van der Waals surface area contributed by atoms with Gasteiger partial charge in [-0.15, -0.1) is 0 Å². The van der Waals surface area contributed by atoms with Crippen molar-refractivity contribution in [2.75, 3.05) is 32.2 Å². The monoisotopic (exact) mass is 841 g/mol. The molecule has 0 spiro atoms. The van der Waals surface area contributed by atoms with Crippen molar-refractivity contribution in [2.24, 2.45) is 0 Å². The van der Waals surface area contributed by atoms with Crippen molar-refractivity contribution in [1.29, 1.82) is 5.26 Å². The Hall–Kier alpha value is -5.58. The molecule has 7 rings (SSSR count). The van der Waals surface area contributed by atoms with Crippen LogP contribution in [0.3, 0.4) is 0 Å². The van der Waals surface area contributed by atoms with Crippen molar-refractivity contribution in [3.8, 4) is 11.8 Å². The van der Waals surface area contributed by atoms with Crippen molar-refractivity contribution >= 4 is 31.4 Å². The van der Waals surface area contributed by atoms with Crippen LogP contribution in [-0.4, -0.2) is 81.3 Å². The van der Waals surface area contributed by atoms with Crippen molar-refractivity contribution in [3.05, 3.63) is 150 Å². The average molecular weight is 842 g/mol. The van der Waals surface area contributed by atoms with Gasteiger partial charge < -0.3 is 33.1 Å². The Balaban J connectivity index is 1.25. The summed E-state index contributed by atoms with van der Waals surface area (Å²) < 4.78 is 37.5. The molecule has 1 amide bonds. The highest BCUT2D eigenvalue weighted by molar-refractivity contribution is 7.44. The molecule has 1 aliphatic heterocycles. The summed E-state index contributed by atoms with van der Waals surface area (Å²) in [5.74, 6) is 0.749. The number of amides is 1. The number of nitrogens with one attached hydrogen (secondary N) is 1. The SMILES string of the molecule is COc1ccc(C(OC[C@H]2OC[C@H](n3cnc4c(NC(=O)c5ccccc5)ncnc43)C[C@@H]2OP(OCCC#N)N(C(C)C)C(C)C)(c2ccccc2)c2ccccc2)cc1. The first kappa shape index (κ1) is 43.5. The van der Waals surface area contributed by atoms with E-state index in [0.29, 0.717) is 35.6 Å². The van der Waals surface area contributed by atoms with Crippen LogP contribution in [0.15, 0.2) is 128 Å². The summed E-state index contributed by atoms with van der Waals surface area (Å²) >= 11 is 0. The Morgan fingerprint density at radius 2 is 1.52 bits per heavy atom. The molecule has 1 saturated heterocycles. The van der Waals surface area contributed by atoms with Gasteiger partial charge in [0.25, 0.3) is 14.4 Å². The van der Waals surface area contributed by atoms with E-state index in [0.717, 1.165) is 22.4 Å². The van der Waals surface area contributed by atoms with Gasteiger partial charge in [-0.05, 0) is 75.1 Å². The summed E-state index contributed by atoms with van der Waals surface area (Å²) in [4.78, 5) is 26.8. The zero-order chi connectivity index (χ0) is 42.8. The van der Waals surface area contributed by atoms with E-state index in [1.807, 2.05) is 83.4 Å². The summed E-state index contributed by atoms with van der Waals surface area (Å²) in [6.07, 6.45) is 2.77. The summed E-state index contributed by atoms with van der Waals surface area (Å²) in [6, 6.07) is 39.4. The first-order valence-corrected chi connectivity index (χ1v) is 21.7. The Labute approximate surface area is 358 Å². The lowest BCUT2D eigenvalue weighted by Gasteiger charge is -2.43. The van der Waals surface area contributed by atoms with Crippen molar-refractivity contribution in [2.45, 2.75) is 76.5 Å². The maximum absolute atomic E-state index is 13.1. The van der Waals surface area contributed by atoms with Gasteiger partial charge in [-0.3, -0.25) is 4.79 Å². The van der Waals surface area contributed by atoms with E-state index in [4.69, 9.17) is 23.3 Å². The molecule has 0 saturated carbocycles. The lowest BCUT2D eigenvalue weighted by atomic mass is 9.80. The molecule has 1 aliphatic rings. The van der Waals surface area contributed by atoms with E-state index in [1.165, 1.54) is 6.33 Å². The van der Waals surface area contributed by atoms with Crippen LogP contribution in [0.4, 0.5) is 5.82 Å². The number of methoxy groups -OCH3 is 1. The zero-order valence-electron chi connectivity index (χ0n) is 35.1. The lowest BCUT2D eigenvalue weighted by molar-refractivity contribution is -0.135. The molecule has 0 bridgehead atoms. The number of ether oxygens (including phenoxy) is 3. The van der Waals surface area contributed by atoms with Crippen molar-refractivity contribution in [3.63, 3.8) is 0 Å². The van der Waals surface area contributed by atoms with E-state index in [9.17, 15) is 10.1 Å². The number of carbonyl (C=O) groups excluding carboxylic acids is 1. The lowest BCUT2D eigenvalue weighted by Crippen LogP contribution is -2.46. The number of benzene rings is 4. The predicted octanol–water partition coefficient (Wildman–Crippen LogP) is 9.09. The van der Waals surface area contributed by atoms with Gasteiger partial charge in [0.05, 0.1) is 57.9 Å². The number of anilines is 1. The number of hydrogen-bond acceptors (Lipinski definition) is 11. The Kier molecular flexibility index (Phi) is 14.5. The summed E-state index contributed by atoms with van der Waals surface area (Å²) in [5.41, 5.74) is 3.29. The quantitative estimate of drug-likeness (QED) is 0.0503. The molecule has 1 unspecified atom stereocenters. The highest BCUT2D eigenvalue weighted by Gasteiger charge is 2.43. The summed E-state index contributed by atoms with van der Waals surface area (Å²) in [5, 5.41) is 12.4. The maximum atomic E-state index is 13.1. The minimum Gasteiger partial charge on any atom is -0.497 e. The van der Waals surface area contributed by atoms with Crippen LogP contribution in [0.25, 0.3) is 11.2 Å². The largest absolute Gasteiger partial charge is 0.497 e. The van der Waals surface area contributed by atoms with Crippen LogP contribution in [0.5, 0.6) is 5.75 Å². The topological polar surface area (TPSA) is 146 Å². The highest BCUT2D eigenvalue weighted by Crippen LogP contribution is 2.50. The molecule has 13 nitrogen and oxygen atoms in total. The predicted molar refractivity (Wildman–Crippen MR) is 235 cm³/mol. The third kappa shape index (κ3) is 9.82. The first-order chi connectivity index (χ1) is 29.7. The molecule has 3 heterocycles. The van der Waals surface area contributed by atoms with Gasteiger partial charge in [-0.2, -0.15) is 5.26 Å². The highest BCUT2D eigenvalue weighted by atomic mass is 31.2. The minimum absolute atomic E-state index is 0.0842. The normalized spacial score (nSPS) is 17.4. The van der Waals surface area contributed by atoms with Gasteiger partial charge in [0, 0.05) is 17.6 Å². The molecule has 1 fully saturated rings. The van der Waals surface area contributed by atoms with Crippen LogP contribution >= 0.6 is 8.53 Å². The number of imidazole rings is 1. The maximum Gasteiger partial charge on any atom is 0.259 e. The van der Waals surface area contributed by atoms with Crippen LogP contribution in [0.1, 0.15) is 73.6 Å². The molecule has 4 atom stereocenters. The Bertz CT molecular complexity index is 2310. The number of rotatable bonds is 18. The van der Waals surface area contributed by atoms with Crippen molar-refractivity contribution in [1.82, 2.24) is 24.2 Å². The van der Waals surface area contributed by atoms with E-state index in [2.05, 4.69) is 83.0 Å². The zero-order valence-corrected chi connectivity index (χ0v) is 36.0. The molecular formula is C47H52N7O6P. The first-order valence-electron chi connectivity index (χ1n) is 20.5. The Morgan fingerprint density at radius 1 is 0.902 bits per heavy atom. The second-order valence-electron chi connectivity index (χ2n) is 15.3.